The predicted octanol–water partition coefficient (Wildman–Crippen LogP) is 4.54. The Hall–Kier alpha value is -3.10. The number of para-hydroxylation sites is 1. The molecular weight excluding hydrogens is 419 g/mol. The lowest BCUT2D eigenvalue weighted by molar-refractivity contribution is 0.102. The molecule has 0 aliphatic rings. The van der Waals surface area contributed by atoms with Crippen molar-refractivity contribution in [3.8, 4) is 5.75 Å². The van der Waals surface area contributed by atoms with E-state index in [0.29, 0.717) is 5.75 Å². The molecule has 0 aliphatic carbocycles. The summed E-state index contributed by atoms with van der Waals surface area (Å²) in [6.07, 6.45) is 0. The Kier molecular flexibility index (Phi) is 6.05. The Morgan fingerprint density at radius 3 is 2.34 bits per heavy atom. The quantitative estimate of drug-likeness (QED) is 0.596. The second-order valence-corrected chi connectivity index (χ2v) is 8.00. The molecule has 0 aromatic heterocycles. The Bertz CT molecular complexity index is 1150. The first kappa shape index (κ1) is 20.6. The summed E-state index contributed by atoms with van der Waals surface area (Å²) in [7, 11) is -2.38. The zero-order valence-corrected chi connectivity index (χ0v) is 16.7. The van der Waals surface area contributed by atoms with E-state index in [2.05, 4.69) is 10.0 Å². The van der Waals surface area contributed by atoms with Gasteiger partial charge in [0.2, 0.25) is 0 Å². The van der Waals surface area contributed by atoms with E-state index in [1.165, 1.54) is 67.8 Å². The van der Waals surface area contributed by atoms with Crippen molar-refractivity contribution in [2.75, 3.05) is 17.1 Å². The van der Waals surface area contributed by atoms with Crippen LogP contribution in [0.25, 0.3) is 0 Å². The van der Waals surface area contributed by atoms with Crippen LogP contribution in [-0.4, -0.2) is 21.4 Å². The molecule has 0 aliphatic heterocycles. The molecule has 2 N–H and O–H groups in total. The van der Waals surface area contributed by atoms with Crippen molar-refractivity contribution >= 4 is 38.9 Å². The Balaban J connectivity index is 1.78. The minimum absolute atomic E-state index is 0.00812. The van der Waals surface area contributed by atoms with Gasteiger partial charge in [-0.1, -0.05) is 23.7 Å². The zero-order chi connectivity index (χ0) is 21.0. The van der Waals surface area contributed by atoms with Crippen LogP contribution in [0.3, 0.4) is 0 Å². The summed E-state index contributed by atoms with van der Waals surface area (Å²) in [6.45, 7) is 0. The number of rotatable bonds is 6. The molecule has 0 spiro atoms. The average Bonchev–Trinajstić information content (AvgIpc) is 2.69. The number of halogens is 2. The van der Waals surface area contributed by atoms with E-state index >= 15 is 0 Å². The van der Waals surface area contributed by atoms with Crippen molar-refractivity contribution in [3.63, 3.8) is 0 Å². The third-order valence-electron chi connectivity index (χ3n) is 3.96. The van der Waals surface area contributed by atoms with Gasteiger partial charge in [-0.25, -0.2) is 12.8 Å². The second kappa shape index (κ2) is 8.50. The highest BCUT2D eigenvalue weighted by Crippen LogP contribution is 2.25. The Morgan fingerprint density at radius 1 is 1.03 bits per heavy atom. The summed E-state index contributed by atoms with van der Waals surface area (Å²) in [6, 6.07) is 15.6. The predicted molar refractivity (Wildman–Crippen MR) is 110 cm³/mol. The SMILES string of the molecule is COc1ccc(S(=O)(=O)Nc2ccc(C(=O)Nc3ccccc3F)c(Cl)c2)cc1. The third-order valence-corrected chi connectivity index (χ3v) is 5.67. The summed E-state index contributed by atoms with van der Waals surface area (Å²) in [5.74, 6) is -0.678. The number of sulfonamides is 1. The monoisotopic (exact) mass is 434 g/mol. The number of nitrogens with one attached hydrogen (secondary N) is 2. The molecule has 0 fully saturated rings. The van der Waals surface area contributed by atoms with Crippen molar-refractivity contribution in [2.24, 2.45) is 0 Å². The van der Waals surface area contributed by atoms with Gasteiger partial charge in [-0.3, -0.25) is 9.52 Å². The molecule has 29 heavy (non-hydrogen) atoms. The lowest BCUT2D eigenvalue weighted by Gasteiger charge is -2.11. The van der Waals surface area contributed by atoms with Crippen molar-refractivity contribution in [3.05, 3.63) is 83.1 Å². The highest BCUT2D eigenvalue weighted by Gasteiger charge is 2.17. The maximum absolute atomic E-state index is 13.7. The molecule has 0 radical (unpaired) electrons. The van der Waals surface area contributed by atoms with Crippen LogP contribution in [-0.2, 0) is 10.0 Å². The van der Waals surface area contributed by atoms with E-state index in [4.69, 9.17) is 16.3 Å². The molecule has 0 unspecified atom stereocenters. The normalized spacial score (nSPS) is 11.0. The maximum Gasteiger partial charge on any atom is 0.261 e. The summed E-state index contributed by atoms with van der Waals surface area (Å²) < 4.78 is 46.1. The van der Waals surface area contributed by atoms with Crippen molar-refractivity contribution < 1.29 is 22.3 Å². The van der Waals surface area contributed by atoms with Crippen LogP contribution < -0.4 is 14.8 Å². The largest absolute Gasteiger partial charge is 0.497 e. The first-order valence-electron chi connectivity index (χ1n) is 8.32. The van der Waals surface area contributed by atoms with E-state index in [1.807, 2.05) is 0 Å². The van der Waals surface area contributed by atoms with Crippen LogP contribution in [0.15, 0.2) is 71.6 Å². The molecule has 0 saturated heterocycles. The number of carbonyl (C=O) groups is 1. The van der Waals surface area contributed by atoms with E-state index in [-0.39, 0.29) is 26.9 Å². The fourth-order valence-electron chi connectivity index (χ4n) is 2.48. The molecule has 3 aromatic rings. The van der Waals surface area contributed by atoms with Gasteiger partial charge in [0.05, 0.1) is 34.0 Å². The number of ether oxygens (including phenoxy) is 1. The maximum atomic E-state index is 13.7. The van der Waals surface area contributed by atoms with Crippen LogP contribution >= 0.6 is 11.6 Å². The van der Waals surface area contributed by atoms with Crippen molar-refractivity contribution in [1.82, 2.24) is 0 Å². The van der Waals surface area contributed by atoms with E-state index in [1.54, 1.807) is 6.07 Å². The highest BCUT2D eigenvalue weighted by atomic mass is 35.5. The first-order chi connectivity index (χ1) is 13.8. The average molecular weight is 435 g/mol. The van der Waals surface area contributed by atoms with Crippen LogP contribution in [0.4, 0.5) is 15.8 Å². The van der Waals surface area contributed by atoms with Crippen LogP contribution in [0.5, 0.6) is 5.75 Å². The van der Waals surface area contributed by atoms with E-state index < -0.39 is 21.7 Å². The van der Waals surface area contributed by atoms with Gasteiger partial charge in [0, 0.05) is 0 Å². The number of hydrogen-bond acceptors (Lipinski definition) is 4. The Morgan fingerprint density at radius 2 is 1.72 bits per heavy atom. The van der Waals surface area contributed by atoms with Crippen molar-refractivity contribution in [2.45, 2.75) is 4.90 Å². The summed E-state index contributed by atoms with van der Waals surface area (Å²) in [4.78, 5) is 12.4. The van der Waals surface area contributed by atoms with E-state index in [9.17, 15) is 17.6 Å². The summed E-state index contributed by atoms with van der Waals surface area (Å²) in [5, 5.41) is 2.43. The number of methoxy groups -OCH3 is 1. The van der Waals surface area contributed by atoms with Gasteiger partial charge < -0.3 is 10.1 Å². The molecule has 9 heteroatoms. The van der Waals surface area contributed by atoms with Crippen LogP contribution in [0.2, 0.25) is 5.02 Å². The molecular formula is C20H16ClFN2O4S. The number of hydrogen-bond donors (Lipinski definition) is 2. The fraction of sp³-hybridized carbons (Fsp3) is 0.0500. The lowest BCUT2D eigenvalue weighted by atomic mass is 10.2. The lowest BCUT2D eigenvalue weighted by Crippen LogP contribution is -2.15. The minimum Gasteiger partial charge on any atom is -0.497 e. The van der Waals surface area contributed by atoms with Gasteiger partial charge in [0.1, 0.15) is 11.6 Å². The summed E-state index contributed by atoms with van der Waals surface area (Å²) in [5.41, 5.74) is 0.258. The van der Waals surface area contributed by atoms with Crippen LogP contribution in [0.1, 0.15) is 10.4 Å². The first-order valence-corrected chi connectivity index (χ1v) is 10.2. The van der Waals surface area contributed by atoms with Gasteiger partial charge in [0.25, 0.3) is 15.9 Å². The molecule has 0 heterocycles. The van der Waals surface area contributed by atoms with Crippen LogP contribution in [0, 0.1) is 5.82 Å². The molecule has 1 amide bonds. The molecule has 3 aromatic carbocycles. The minimum atomic E-state index is -3.86. The standard InChI is InChI=1S/C20H16ClFN2O4S/c1-28-14-7-9-15(10-8-14)29(26,27)24-13-6-11-16(17(21)12-13)20(25)23-19-5-3-2-4-18(19)22/h2-12,24H,1H3,(H,23,25). The number of benzene rings is 3. The van der Waals surface area contributed by atoms with Gasteiger partial charge in [-0.15, -0.1) is 0 Å². The topological polar surface area (TPSA) is 84.5 Å². The second-order valence-electron chi connectivity index (χ2n) is 5.91. The molecule has 0 atom stereocenters. The zero-order valence-electron chi connectivity index (χ0n) is 15.1. The van der Waals surface area contributed by atoms with Gasteiger partial charge in [-0.2, -0.15) is 0 Å². The number of carbonyl (C=O) groups excluding carboxylic acids is 1. The molecule has 150 valence electrons. The van der Waals surface area contributed by atoms with Gasteiger partial charge >= 0.3 is 0 Å². The number of amides is 1. The Labute approximate surface area is 172 Å². The molecule has 3 rings (SSSR count). The van der Waals surface area contributed by atoms with Crippen molar-refractivity contribution in [1.29, 1.82) is 0 Å². The smallest absolute Gasteiger partial charge is 0.261 e. The third kappa shape index (κ3) is 4.85. The van der Waals surface area contributed by atoms with Gasteiger partial charge in [0.15, 0.2) is 0 Å². The fourth-order valence-corrected chi connectivity index (χ4v) is 3.80. The highest BCUT2D eigenvalue weighted by molar-refractivity contribution is 7.92. The van der Waals surface area contributed by atoms with Gasteiger partial charge in [-0.05, 0) is 54.6 Å². The summed E-state index contributed by atoms with van der Waals surface area (Å²) >= 11 is 6.14. The molecule has 6 nitrogen and oxygen atoms in total. The van der Waals surface area contributed by atoms with E-state index in [0.717, 1.165) is 0 Å². The molecule has 0 bridgehead atoms. The number of anilines is 2. The molecule has 0 saturated carbocycles.